The van der Waals surface area contributed by atoms with E-state index in [4.69, 9.17) is 0 Å². The summed E-state index contributed by atoms with van der Waals surface area (Å²) < 4.78 is 0. The lowest BCUT2D eigenvalue weighted by molar-refractivity contribution is 1.32. The molecule has 0 aliphatic carbocycles. The molecule has 1 aromatic carbocycles. The summed E-state index contributed by atoms with van der Waals surface area (Å²) in [5.74, 6) is 3.11. The van der Waals surface area contributed by atoms with Gasteiger partial charge in [-0.25, -0.2) is 4.99 Å². The number of nitrogens with zero attached hydrogens (tertiary/aromatic N) is 1. The first-order valence-corrected chi connectivity index (χ1v) is 7.45. The molecule has 0 amide bonds. The molecule has 1 atom stereocenters. The molecular weight excluding hydrogens is 258 g/mol. The molecule has 88 valence electrons. The third-order valence-corrected chi connectivity index (χ3v) is 4.80. The van der Waals surface area contributed by atoms with Gasteiger partial charge in [-0.3, -0.25) is 0 Å². The highest BCUT2D eigenvalue weighted by molar-refractivity contribution is 8.04. The summed E-state index contributed by atoms with van der Waals surface area (Å²) in [5.41, 5.74) is 0.943. The summed E-state index contributed by atoms with van der Waals surface area (Å²) in [5, 5.41) is 2.54. The molecule has 0 saturated heterocycles. The lowest BCUT2D eigenvalue weighted by atomic mass is 10.3. The Labute approximate surface area is 115 Å². The van der Waals surface area contributed by atoms with Crippen molar-refractivity contribution >= 4 is 34.7 Å². The van der Waals surface area contributed by atoms with Gasteiger partial charge in [0.15, 0.2) is 0 Å². The fourth-order valence-corrected chi connectivity index (χ4v) is 3.56. The number of thioether (sulfide) groups is 1. The maximum Gasteiger partial charge on any atom is 0.0730 e. The fourth-order valence-electron chi connectivity index (χ4n) is 1.68. The van der Waals surface area contributed by atoms with Gasteiger partial charge in [0.25, 0.3) is 0 Å². The van der Waals surface area contributed by atoms with Crippen LogP contribution < -0.4 is 0 Å². The molecule has 18 heavy (non-hydrogen) atoms. The molecule has 0 saturated carbocycles. The van der Waals surface area contributed by atoms with Crippen LogP contribution in [0, 0.1) is 0 Å². The minimum atomic E-state index is 0.429. The molecule has 1 aromatic heterocycles. The lowest BCUT2D eigenvalue weighted by Gasteiger charge is -2.01. The third-order valence-electron chi connectivity index (χ3n) is 2.55. The Morgan fingerprint density at radius 3 is 2.72 bits per heavy atom. The molecule has 0 N–H and O–H groups in total. The average molecular weight is 269 g/mol. The summed E-state index contributed by atoms with van der Waals surface area (Å²) in [7, 11) is 0. The number of thiophene rings is 1. The Morgan fingerprint density at radius 2 is 1.94 bits per heavy atom. The van der Waals surface area contributed by atoms with Gasteiger partial charge in [0, 0.05) is 10.7 Å². The van der Waals surface area contributed by atoms with Gasteiger partial charge in [-0.1, -0.05) is 30.3 Å². The van der Waals surface area contributed by atoms with Gasteiger partial charge in [0.1, 0.15) is 0 Å². The van der Waals surface area contributed by atoms with Crippen LogP contribution in [0.5, 0.6) is 0 Å². The molecule has 0 fully saturated rings. The van der Waals surface area contributed by atoms with Crippen LogP contribution in [0.3, 0.4) is 0 Å². The SMILES string of the molecule is C(=Nc1ccccc1)=C1C=CC(c2cccs2)S1. The lowest BCUT2D eigenvalue weighted by Crippen LogP contribution is -1.78. The first kappa shape index (κ1) is 11.5. The van der Waals surface area contributed by atoms with Gasteiger partial charge < -0.3 is 0 Å². The quantitative estimate of drug-likeness (QED) is 0.701. The smallest absolute Gasteiger partial charge is 0.0730 e. The zero-order valence-corrected chi connectivity index (χ0v) is 11.2. The van der Waals surface area contributed by atoms with E-state index >= 15 is 0 Å². The predicted molar refractivity (Wildman–Crippen MR) is 80.8 cm³/mol. The molecule has 0 radical (unpaired) electrons. The molecule has 3 rings (SSSR count). The Balaban J connectivity index is 1.77. The van der Waals surface area contributed by atoms with Crippen LogP contribution in [0.1, 0.15) is 10.1 Å². The van der Waals surface area contributed by atoms with Crippen LogP contribution in [0.4, 0.5) is 5.69 Å². The van der Waals surface area contributed by atoms with Crippen molar-refractivity contribution in [1.29, 1.82) is 0 Å². The summed E-state index contributed by atoms with van der Waals surface area (Å²) in [6.45, 7) is 0. The highest BCUT2D eigenvalue weighted by Gasteiger charge is 2.16. The van der Waals surface area contributed by atoms with Crippen molar-refractivity contribution in [3.8, 4) is 0 Å². The maximum absolute atomic E-state index is 4.35. The van der Waals surface area contributed by atoms with E-state index in [1.165, 1.54) is 4.88 Å². The van der Waals surface area contributed by atoms with Gasteiger partial charge in [-0.2, -0.15) is 0 Å². The number of allylic oxidation sites excluding steroid dienone is 1. The van der Waals surface area contributed by atoms with E-state index in [9.17, 15) is 0 Å². The zero-order chi connectivity index (χ0) is 12.2. The number of para-hydroxylation sites is 1. The predicted octanol–water partition coefficient (Wildman–Crippen LogP) is 4.98. The minimum Gasteiger partial charge on any atom is -0.205 e. The molecule has 2 heterocycles. The maximum atomic E-state index is 4.35. The van der Waals surface area contributed by atoms with E-state index in [0.717, 1.165) is 10.6 Å². The first-order valence-electron chi connectivity index (χ1n) is 5.69. The summed E-state index contributed by atoms with van der Waals surface area (Å²) in [6.07, 6.45) is 4.31. The van der Waals surface area contributed by atoms with E-state index in [-0.39, 0.29) is 0 Å². The summed E-state index contributed by atoms with van der Waals surface area (Å²) in [4.78, 5) is 6.83. The van der Waals surface area contributed by atoms with Crippen LogP contribution >= 0.6 is 23.1 Å². The average Bonchev–Trinajstić information content (AvgIpc) is 3.08. The van der Waals surface area contributed by atoms with Crippen LogP contribution in [0.2, 0.25) is 0 Å². The second kappa shape index (κ2) is 5.40. The van der Waals surface area contributed by atoms with Crippen molar-refractivity contribution in [1.82, 2.24) is 0 Å². The fraction of sp³-hybridized carbons (Fsp3) is 0.0667. The van der Waals surface area contributed by atoms with Gasteiger partial charge in [0.05, 0.1) is 15.8 Å². The summed E-state index contributed by atoms with van der Waals surface area (Å²) in [6, 6.07) is 14.2. The molecule has 3 heteroatoms. The van der Waals surface area contributed by atoms with E-state index in [2.05, 4.69) is 40.5 Å². The zero-order valence-electron chi connectivity index (χ0n) is 9.61. The van der Waals surface area contributed by atoms with Gasteiger partial charge >= 0.3 is 0 Å². The van der Waals surface area contributed by atoms with Crippen molar-refractivity contribution in [2.45, 2.75) is 5.25 Å². The Morgan fingerprint density at radius 1 is 1.06 bits per heavy atom. The Kier molecular flexibility index (Phi) is 3.47. The second-order valence-corrected chi connectivity index (χ2v) is 6.00. The standard InChI is InChI=1S/C15H11NS2/c1-2-5-12(6-3-1)16-11-13-8-9-15(18-13)14-7-4-10-17-14/h1-10,15H. The molecular formula is C15H11NS2. The second-order valence-electron chi connectivity index (χ2n) is 3.84. The molecule has 1 aliphatic heterocycles. The molecule has 0 spiro atoms. The monoisotopic (exact) mass is 269 g/mol. The van der Waals surface area contributed by atoms with Gasteiger partial charge in [-0.15, -0.1) is 23.1 Å². The number of benzene rings is 1. The molecule has 1 unspecified atom stereocenters. The third kappa shape index (κ3) is 2.65. The normalized spacial score (nSPS) is 17.8. The van der Waals surface area contributed by atoms with Crippen LogP contribution in [0.25, 0.3) is 0 Å². The largest absolute Gasteiger partial charge is 0.205 e. The van der Waals surface area contributed by atoms with Crippen molar-refractivity contribution < 1.29 is 0 Å². The van der Waals surface area contributed by atoms with E-state index in [1.807, 2.05) is 30.3 Å². The number of hydrogen-bond donors (Lipinski definition) is 0. The van der Waals surface area contributed by atoms with Crippen molar-refractivity contribution in [2.75, 3.05) is 0 Å². The molecule has 1 nitrogen and oxygen atoms in total. The van der Waals surface area contributed by atoms with E-state index in [1.54, 1.807) is 23.1 Å². The van der Waals surface area contributed by atoms with Crippen LogP contribution in [0.15, 0.2) is 69.9 Å². The number of hydrogen-bond acceptors (Lipinski definition) is 3. The van der Waals surface area contributed by atoms with Gasteiger partial charge in [-0.05, 0) is 29.7 Å². The summed E-state index contributed by atoms with van der Waals surface area (Å²) >= 11 is 3.59. The van der Waals surface area contributed by atoms with Crippen LogP contribution in [-0.2, 0) is 0 Å². The molecule has 2 aromatic rings. The Bertz CT molecular complexity index is 605. The van der Waals surface area contributed by atoms with E-state index < -0.39 is 0 Å². The number of rotatable bonds is 2. The van der Waals surface area contributed by atoms with Crippen LogP contribution in [-0.4, -0.2) is 5.87 Å². The van der Waals surface area contributed by atoms with Gasteiger partial charge in [0.2, 0.25) is 0 Å². The molecule has 1 aliphatic rings. The van der Waals surface area contributed by atoms with Crippen molar-refractivity contribution in [3.05, 3.63) is 69.8 Å². The first-order chi connectivity index (χ1) is 8.92. The highest BCUT2D eigenvalue weighted by Crippen LogP contribution is 2.42. The Hall–Kier alpha value is -1.54. The molecule has 0 bridgehead atoms. The van der Waals surface area contributed by atoms with E-state index in [0.29, 0.717) is 5.25 Å². The highest BCUT2D eigenvalue weighted by atomic mass is 32.2. The number of aliphatic imine (C=N–C) groups is 1. The topological polar surface area (TPSA) is 12.4 Å². The van der Waals surface area contributed by atoms with Crippen molar-refractivity contribution in [3.63, 3.8) is 0 Å². The minimum absolute atomic E-state index is 0.429. The van der Waals surface area contributed by atoms with Crippen molar-refractivity contribution in [2.24, 2.45) is 4.99 Å².